The van der Waals surface area contributed by atoms with E-state index in [1.165, 1.54) is 5.01 Å². The van der Waals surface area contributed by atoms with Crippen molar-refractivity contribution in [2.24, 2.45) is 11.1 Å². The van der Waals surface area contributed by atoms with Crippen LogP contribution in [0.4, 0.5) is 0 Å². The van der Waals surface area contributed by atoms with Crippen LogP contribution in [0.3, 0.4) is 0 Å². The van der Waals surface area contributed by atoms with E-state index in [0.717, 1.165) is 38.0 Å². The normalized spacial score (nSPS) is 13.8. The summed E-state index contributed by atoms with van der Waals surface area (Å²) in [6.45, 7) is 10.8. The van der Waals surface area contributed by atoms with Gasteiger partial charge in [0.25, 0.3) is 0 Å². The van der Waals surface area contributed by atoms with Crippen LogP contribution in [-0.2, 0) is 6.42 Å². The van der Waals surface area contributed by atoms with Gasteiger partial charge in [0.15, 0.2) is 0 Å². The van der Waals surface area contributed by atoms with Crippen molar-refractivity contribution in [1.29, 1.82) is 0 Å². The summed E-state index contributed by atoms with van der Waals surface area (Å²) in [7, 11) is 0. The molecule has 3 N–H and O–H groups in total. The largest absolute Gasteiger partial charge is 0.328 e. The Balaban J connectivity index is 2.05. The van der Waals surface area contributed by atoms with E-state index in [1.807, 2.05) is 6.92 Å². The summed E-state index contributed by atoms with van der Waals surface area (Å²) >= 11 is 1.75. The molecule has 0 aliphatic rings. The first kappa shape index (κ1) is 15.6. The van der Waals surface area contributed by atoms with Crippen LogP contribution < -0.4 is 11.1 Å². The highest BCUT2D eigenvalue weighted by Crippen LogP contribution is 2.20. The van der Waals surface area contributed by atoms with Crippen LogP contribution in [0.15, 0.2) is 5.38 Å². The van der Waals surface area contributed by atoms with E-state index in [4.69, 9.17) is 5.73 Å². The quantitative estimate of drug-likeness (QED) is 0.748. The second-order valence-electron chi connectivity index (χ2n) is 6.20. The Kier molecular flexibility index (Phi) is 6.26. The molecule has 1 atom stereocenters. The Morgan fingerprint density at radius 3 is 2.67 bits per heavy atom. The highest BCUT2D eigenvalue weighted by molar-refractivity contribution is 7.09. The number of hydrogen-bond acceptors (Lipinski definition) is 4. The molecular formula is C14H27N3S. The second kappa shape index (κ2) is 7.22. The Labute approximate surface area is 115 Å². The third-order valence-corrected chi connectivity index (χ3v) is 3.78. The van der Waals surface area contributed by atoms with E-state index >= 15 is 0 Å². The molecule has 0 saturated carbocycles. The summed E-state index contributed by atoms with van der Waals surface area (Å²) in [5.41, 5.74) is 7.56. The average molecular weight is 269 g/mol. The zero-order valence-corrected chi connectivity index (χ0v) is 12.9. The fourth-order valence-electron chi connectivity index (χ4n) is 2.01. The first-order valence-electron chi connectivity index (χ1n) is 6.74. The SMILES string of the molecule is Cc1csc(CCNCCC(N)CC(C)(C)C)n1. The highest BCUT2D eigenvalue weighted by Gasteiger charge is 2.14. The van der Waals surface area contributed by atoms with Crippen LogP contribution in [0, 0.1) is 12.3 Å². The van der Waals surface area contributed by atoms with Crippen LogP contribution in [0.2, 0.25) is 0 Å². The third-order valence-electron chi connectivity index (χ3n) is 2.75. The molecule has 0 aromatic carbocycles. The van der Waals surface area contributed by atoms with Gasteiger partial charge in [-0.25, -0.2) is 4.98 Å². The number of thiazole rings is 1. The molecule has 0 fully saturated rings. The van der Waals surface area contributed by atoms with Gasteiger partial charge in [-0.1, -0.05) is 20.8 Å². The van der Waals surface area contributed by atoms with E-state index < -0.39 is 0 Å². The van der Waals surface area contributed by atoms with Crippen molar-refractivity contribution < 1.29 is 0 Å². The van der Waals surface area contributed by atoms with E-state index in [0.29, 0.717) is 11.5 Å². The number of hydrogen-bond donors (Lipinski definition) is 2. The zero-order valence-electron chi connectivity index (χ0n) is 12.1. The summed E-state index contributed by atoms with van der Waals surface area (Å²) in [6, 6.07) is 0.305. The van der Waals surface area contributed by atoms with Gasteiger partial charge in [0, 0.05) is 30.1 Å². The molecule has 0 spiro atoms. The first-order valence-corrected chi connectivity index (χ1v) is 7.62. The Morgan fingerprint density at radius 2 is 2.11 bits per heavy atom. The predicted molar refractivity (Wildman–Crippen MR) is 80.1 cm³/mol. The lowest BCUT2D eigenvalue weighted by Crippen LogP contribution is -2.31. The smallest absolute Gasteiger partial charge is 0.0940 e. The lowest BCUT2D eigenvalue weighted by atomic mass is 9.87. The molecule has 4 heteroatoms. The number of aromatic nitrogens is 1. The molecule has 0 aliphatic heterocycles. The van der Waals surface area contributed by atoms with Crippen molar-refractivity contribution >= 4 is 11.3 Å². The lowest BCUT2D eigenvalue weighted by Gasteiger charge is -2.23. The molecule has 1 aromatic heterocycles. The minimum atomic E-state index is 0.305. The molecule has 0 radical (unpaired) electrons. The van der Waals surface area contributed by atoms with Gasteiger partial charge in [-0.2, -0.15) is 0 Å². The third kappa shape index (κ3) is 7.09. The van der Waals surface area contributed by atoms with Gasteiger partial charge in [0.2, 0.25) is 0 Å². The summed E-state index contributed by atoms with van der Waals surface area (Å²) in [6.07, 6.45) is 3.15. The Hall–Kier alpha value is -0.450. The first-order chi connectivity index (χ1) is 8.37. The highest BCUT2D eigenvalue weighted by atomic mass is 32.1. The van der Waals surface area contributed by atoms with Gasteiger partial charge in [-0.3, -0.25) is 0 Å². The van der Waals surface area contributed by atoms with E-state index in [1.54, 1.807) is 11.3 Å². The van der Waals surface area contributed by atoms with Crippen molar-refractivity contribution in [1.82, 2.24) is 10.3 Å². The minimum absolute atomic E-state index is 0.305. The minimum Gasteiger partial charge on any atom is -0.328 e. The molecule has 0 bridgehead atoms. The molecular weight excluding hydrogens is 242 g/mol. The maximum Gasteiger partial charge on any atom is 0.0940 e. The van der Waals surface area contributed by atoms with Crippen LogP contribution in [0.1, 0.15) is 44.3 Å². The number of nitrogens with zero attached hydrogens (tertiary/aromatic N) is 1. The van der Waals surface area contributed by atoms with Crippen molar-refractivity contribution in [2.75, 3.05) is 13.1 Å². The fraction of sp³-hybridized carbons (Fsp3) is 0.786. The van der Waals surface area contributed by atoms with Crippen LogP contribution in [0.25, 0.3) is 0 Å². The molecule has 1 heterocycles. The maximum atomic E-state index is 6.11. The van der Waals surface area contributed by atoms with Gasteiger partial charge in [0.1, 0.15) is 0 Å². The molecule has 1 aromatic rings. The standard InChI is InChI=1S/C14H27N3S/c1-11-10-18-13(17-11)6-8-16-7-5-12(15)9-14(2,3)4/h10,12,16H,5-9,15H2,1-4H3. The summed E-state index contributed by atoms with van der Waals surface area (Å²) < 4.78 is 0. The second-order valence-corrected chi connectivity index (χ2v) is 7.14. The van der Waals surface area contributed by atoms with Gasteiger partial charge < -0.3 is 11.1 Å². The monoisotopic (exact) mass is 269 g/mol. The average Bonchev–Trinajstić information content (AvgIpc) is 2.61. The topological polar surface area (TPSA) is 50.9 Å². The number of nitrogens with one attached hydrogen (secondary N) is 1. The maximum absolute atomic E-state index is 6.11. The van der Waals surface area contributed by atoms with Crippen molar-refractivity contribution in [2.45, 2.75) is 53.0 Å². The van der Waals surface area contributed by atoms with Crippen LogP contribution in [0.5, 0.6) is 0 Å². The molecule has 104 valence electrons. The Bertz CT molecular complexity index is 341. The molecule has 1 rings (SSSR count). The number of aryl methyl sites for hydroxylation is 1. The van der Waals surface area contributed by atoms with E-state index in [9.17, 15) is 0 Å². The molecule has 0 amide bonds. The summed E-state index contributed by atoms with van der Waals surface area (Å²) in [5, 5.41) is 6.77. The summed E-state index contributed by atoms with van der Waals surface area (Å²) in [4.78, 5) is 4.45. The number of nitrogens with two attached hydrogens (primary N) is 1. The van der Waals surface area contributed by atoms with Gasteiger partial charge in [-0.05, 0) is 31.7 Å². The lowest BCUT2D eigenvalue weighted by molar-refractivity contribution is 0.329. The fourth-order valence-corrected chi connectivity index (χ4v) is 2.79. The van der Waals surface area contributed by atoms with Gasteiger partial charge in [-0.15, -0.1) is 11.3 Å². The van der Waals surface area contributed by atoms with E-state index in [-0.39, 0.29) is 0 Å². The van der Waals surface area contributed by atoms with E-state index in [2.05, 4.69) is 36.5 Å². The van der Waals surface area contributed by atoms with Crippen LogP contribution in [-0.4, -0.2) is 24.1 Å². The summed E-state index contributed by atoms with van der Waals surface area (Å²) in [5.74, 6) is 0. The van der Waals surface area contributed by atoms with Gasteiger partial charge in [0.05, 0.1) is 5.01 Å². The van der Waals surface area contributed by atoms with Crippen LogP contribution >= 0.6 is 11.3 Å². The van der Waals surface area contributed by atoms with Crippen molar-refractivity contribution in [3.8, 4) is 0 Å². The Morgan fingerprint density at radius 1 is 1.39 bits per heavy atom. The van der Waals surface area contributed by atoms with Crippen molar-refractivity contribution in [3.63, 3.8) is 0 Å². The zero-order chi connectivity index (χ0) is 13.6. The predicted octanol–water partition coefficient (Wildman–Crippen LogP) is 2.74. The number of rotatable bonds is 7. The van der Waals surface area contributed by atoms with Gasteiger partial charge >= 0.3 is 0 Å². The molecule has 0 aliphatic carbocycles. The van der Waals surface area contributed by atoms with Crippen molar-refractivity contribution in [3.05, 3.63) is 16.1 Å². The molecule has 0 saturated heterocycles. The molecule has 1 unspecified atom stereocenters. The molecule has 18 heavy (non-hydrogen) atoms. The molecule has 3 nitrogen and oxygen atoms in total.